The Balaban J connectivity index is 4.54. The minimum atomic E-state index is -0.813. The van der Waals surface area contributed by atoms with Crippen molar-refractivity contribution in [2.24, 2.45) is 0 Å². The molecule has 0 aromatic rings. The highest BCUT2D eigenvalue weighted by Gasteiger charge is 2.19. The van der Waals surface area contributed by atoms with Crippen molar-refractivity contribution in [2.75, 3.05) is 13.2 Å². The van der Waals surface area contributed by atoms with Gasteiger partial charge in [-0.1, -0.05) is 151 Å². The molecule has 0 aromatic heterocycles. The fourth-order valence-corrected chi connectivity index (χ4v) is 4.90. The lowest BCUT2D eigenvalue weighted by Crippen LogP contribution is -2.30. The molecule has 0 saturated heterocycles. The molecule has 0 amide bonds. The molecule has 0 bridgehead atoms. The van der Waals surface area contributed by atoms with E-state index in [-0.39, 0.29) is 37.5 Å². The van der Waals surface area contributed by atoms with E-state index in [0.717, 1.165) is 77.0 Å². The summed E-state index contributed by atoms with van der Waals surface area (Å²) in [6, 6.07) is 0. The van der Waals surface area contributed by atoms with Gasteiger partial charge >= 0.3 is 17.9 Å². The van der Waals surface area contributed by atoms with Gasteiger partial charge in [-0.15, -0.1) is 0 Å². The van der Waals surface area contributed by atoms with Crippen LogP contribution in [0.2, 0.25) is 0 Å². The number of hydrogen-bond donors (Lipinski definition) is 0. The second-order valence-electron chi connectivity index (χ2n) is 12.9. The number of carbonyl (C=O) groups is 3. The van der Waals surface area contributed by atoms with Gasteiger partial charge in [0.05, 0.1) is 0 Å². The normalized spacial score (nSPS) is 12.9. The number of unbranched alkanes of at least 4 members (excludes halogenated alkanes) is 13. The zero-order valence-corrected chi connectivity index (χ0v) is 32.6. The molecule has 0 saturated carbocycles. The van der Waals surface area contributed by atoms with Crippen molar-refractivity contribution in [2.45, 2.75) is 168 Å². The van der Waals surface area contributed by atoms with Gasteiger partial charge < -0.3 is 14.2 Å². The van der Waals surface area contributed by atoms with Crippen molar-refractivity contribution in [3.63, 3.8) is 0 Å². The Kier molecular flexibility index (Phi) is 36.7. The van der Waals surface area contributed by atoms with Crippen LogP contribution in [0.15, 0.2) is 85.1 Å². The lowest BCUT2D eigenvalue weighted by atomic mass is 10.1. The molecule has 51 heavy (non-hydrogen) atoms. The van der Waals surface area contributed by atoms with Gasteiger partial charge in [0.2, 0.25) is 0 Å². The molecule has 0 aromatic carbocycles. The predicted molar refractivity (Wildman–Crippen MR) is 214 cm³/mol. The first-order valence-corrected chi connectivity index (χ1v) is 20.2. The third-order valence-corrected chi connectivity index (χ3v) is 7.98. The van der Waals surface area contributed by atoms with Gasteiger partial charge in [0, 0.05) is 19.3 Å². The largest absolute Gasteiger partial charge is 0.462 e. The first-order valence-electron chi connectivity index (χ1n) is 20.2. The molecule has 0 aliphatic rings. The second-order valence-corrected chi connectivity index (χ2v) is 12.9. The van der Waals surface area contributed by atoms with Crippen molar-refractivity contribution in [1.82, 2.24) is 0 Å². The molecule has 0 spiro atoms. The third-order valence-electron chi connectivity index (χ3n) is 7.98. The van der Waals surface area contributed by atoms with E-state index < -0.39 is 6.10 Å². The molecule has 0 heterocycles. The smallest absolute Gasteiger partial charge is 0.306 e. The molecule has 0 radical (unpaired) electrons. The van der Waals surface area contributed by atoms with Gasteiger partial charge in [-0.25, -0.2) is 0 Å². The van der Waals surface area contributed by atoms with Gasteiger partial charge in [0.1, 0.15) is 13.2 Å². The summed E-state index contributed by atoms with van der Waals surface area (Å²) in [6.45, 7) is 6.28. The molecule has 1 unspecified atom stereocenters. The van der Waals surface area contributed by atoms with Crippen molar-refractivity contribution < 1.29 is 28.6 Å². The number of rotatable bonds is 34. The SMILES string of the molecule is CC\C=C/C=C\C=C/C=C\CCCCCC(=O)OCC(COC(=O)CCC/C=C\CCCCCC)OC(=O)CCCCC/C=C\C=C/CCCC. The molecular formula is C45H72O6. The number of hydrogen-bond acceptors (Lipinski definition) is 6. The number of esters is 3. The average Bonchev–Trinajstić information content (AvgIpc) is 3.12. The van der Waals surface area contributed by atoms with Crippen molar-refractivity contribution >= 4 is 17.9 Å². The molecule has 6 nitrogen and oxygen atoms in total. The van der Waals surface area contributed by atoms with E-state index in [1.54, 1.807) is 0 Å². The van der Waals surface area contributed by atoms with Gasteiger partial charge in [0.25, 0.3) is 0 Å². The molecule has 0 aliphatic carbocycles. The Labute approximate surface area is 312 Å². The summed E-state index contributed by atoms with van der Waals surface area (Å²) < 4.78 is 16.5. The number of carbonyl (C=O) groups excluding carboxylic acids is 3. The Bertz CT molecular complexity index is 1040. The van der Waals surface area contributed by atoms with Crippen LogP contribution in [-0.2, 0) is 28.6 Å². The summed E-state index contributed by atoms with van der Waals surface area (Å²) >= 11 is 0. The van der Waals surface area contributed by atoms with Crippen LogP contribution in [-0.4, -0.2) is 37.2 Å². The molecule has 1 atom stereocenters. The van der Waals surface area contributed by atoms with Gasteiger partial charge in [-0.05, 0) is 77.0 Å². The zero-order chi connectivity index (χ0) is 37.3. The fraction of sp³-hybridized carbons (Fsp3) is 0.622. The van der Waals surface area contributed by atoms with Crippen LogP contribution in [0.4, 0.5) is 0 Å². The summed E-state index contributed by atoms with van der Waals surface area (Å²) in [5, 5.41) is 0. The monoisotopic (exact) mass is 709 g/mol. The molecule has 0 N–H and O–H groups in total. The topological polar surface area (TPSA) is 78.9 Å². The van der Waals surface area contributed by atoms with Crippen molar-refractivity contribution in [1.29, 1.82) is 0 Å². The number of ether oxygens (including phenoxy) is 3. The zero-order valence-electron chi connectivity index (χ0n) is 32.6. The van der Waals surface area contributed by atoms with Crippen LogP contribution in [0.25, 0.3) is 0 Å². The van der Waals surface area contributed by atoms with E-state index in [0.29, 0.717) is 19.3 Å². The Morgan fingerprint density at radius 2 is 0.824 bits per heavy atom. The molecule has 0 rings (SSSR count). The molecular weight excluding hydrogens is 636 g/mol. The van der Waals surface area contributed by atoms with Gasteiger partial charge in [-0.3, -0.25) is 14.4 Å². The standard InChI is InChI=1S/C45H72O6/c1-4-7-10-13-16-19-21-22-24-26-29-32-35-38-44(47)50-41-42(40-49-43(46)37-34-31-28-25-18-15-12-9-6-3)51-45(48)39-36-33-30-27-23-20-17-14-11-8-5-2/h7,10,13-14,16-17,19-25,28,42H,4-6,8-9,11-12,15,18,26-27,29-41H2,1-3H3/b10-7-,16-13-,17-14-,21-19-,23-20-,24-22-,28-25-. The Morgan fingerprint density at radius 1 is 0.412 bits per heavy atom. The van der Waals surface area contributed by atoms with Gasteiger partial charge in [-0.2, -0.15) is 0 Å². The summed E-state index contributed by atoms with van der Waals surface area (Å²) in [6.07, 6.45) is 48.6. The first-order chi connectivity index (χ1) is 25.0. The van der Waals surface area contributed by atoms with Crippen LogP contribution >= 0.6 is 0 Å². The highest BCUT2D eigenvalue weighted by Crippen LogP contribution is 2.10. The predicted octanol–water partition coefficient (Wildman–Crippen LogP) is 12.5. The third kappa shape index (κ3) is 37.7. The Morgan fingerprint density at radius 3 is 1.37 bits per heavy atom. The van der Waals surface area contributed by atoms with Crippen LogP contribution < -0.4 is 0 Å². The van der Waals surface area contributed by atoms with Gasteiger partial charge in [0.15, 0.2) is 6.10 Å². The van der Waals surface area contributed by atoms with E-state index in [9.17, 15) is 14.4 Å². The van der Waals surface area contributed by atoms with Crippen LogP contribution in [0, 0.1) is 0 Å². The van der Waals surface area contributed by atoms with E-state index >= 15 is 0 Å². The van der Waals surface area contributed by atoms with Crippen molar-refractivity contribution in [3.05, 3.63) is 85.1 Å². The first kappa shape index (κ1) is 47.6. The highest BCUT2D eigenvalue weighted by atomic mass is 16.6. The van der Waals surface area contributed by atoms with E-state index in [2.05, 4.69) is 69.4 Å². The molecule has 0 aliphatic heterocycles. The summed E-state index contributed by atoms with van der Waals surface area (Å²) in [7, 11) is 0. The lowest BCUT2D eigenvalue weighted by Gasteiger charge is -2.18. The second kappa shape index (κ2) is 39.4. The molecule has 0 fully saturated rings. The fourth-order valence-electron chi connectivity index (χ4n) is 4.90. The maximum Gasteiger partial charge on any atom is 0.306 e. The van der Waals surface area contributed by atoms with E-state index in [1.165, 1.54) is 38.5 Å². The van der Waals surface area contributed by atoms with Crippen molar-refractivity contribution in [3.8, 4) is 0 Å². The van der Waals surface area contributed by atoms with Crippen LogP contribution in [0.5, 0.6) is 0 Å². The van der Waals surface area contributed by atoms with E-state index in [4.69, 9.17) is 14.2 Å². The summed E-state index contributed by atoms with van der Waals surface area (Å²) in [5.41, 5.74) is 0. The minimum Gasteiger partial charge on any atom is -0.462 e. The quantitative estimate of drug-likeness (QED) is 0.0218. The number of allylic oxidation sites excluding steroid dienone is 14. The summed E-state index contributed by atoms with van der Waals surface area (Å²) in [4.78, 5) is 37.5. The van der Waals surface area contributed by atoms with E-state index in [1.807, 2.05) is 36.5 Å². The van der Waals surface area contributed by atoms with Crippen LogP contribution in [0.3, 0.4) is 0 Å². The summed E-state index contributed by atoms with van der Waals surface area (Å²) in [5.74, 6) is -1.03. The van der Waals surface area contributed by atoms with Crippen LogP contribution in [0.1, 0.15) is 162 Å². The Hall–Kier alpha value is -3.41. The maximum atomic E-state index is 12.6. The average molecular weight is 709 g/mol. The minimum absolute atomic E-state index is 0.117. The lowest BCUT2D eigenvalue weighted by molar-refractivity contribution is -0.167. The highest BCUT2D eigenvalue weighted by molar-refractivity contribution is 5.71. The molecule has 288 valence electrons. The maximum absolute atomic E-state index is 12.6. The molecule has 6 heteroatoms.